The van der Waals surface area contributed by atoms with Crippen molar-refractivity contribution in [3.8, 4) is 0 Å². The number of H-pyrrole nitrogens is 1. The van der Waals surface area contributed by atoms with E-state index in [1.165, 1.54) is 11.8 Å². The summed E-state index contributed by atoms with van der Waals surface area (Å²) in [5.74, 6) is 1.44. The molecule has 6 heterocycles. The van der Waals surface area contributed by atoms with E-state index in [0.29, 0.717) is 28.3 Å². The Labute approximate surface area is 210 Å². The second-order valence-electron chi connectivity index (χ2n) is 8.87. The molecule has 1 amide bonds. The van der Waals surface area contributed by atoms with Crippen LogP contribution in [0.4, 0.5) is 5.82 Å². The minimum absolute atomic E-state index is 0.106. The zero-order valence-corrected chi connectivity index (χ0v) is 20.7. The molecule has 3 N–H and O–H groups in total. The van der Waals surface area contributed by atoms with Gasteiger partial charge in [-0.25, -0.2) is 19.9 Å². The van der Waals surface area contributed by atoms with Crippen LogP contribution in [0.5, 0.6) is 0 Å². The predicted octanol–water partition coefficient (Wildman–Crippen LogP) is 2.43. The third-order valence-electron chi connectivity index (χ3n) is 6.46. The maximum atomic E-state index is 12.2. The molecule has 0 radical (unpaired) electrons. The van der Waals surface area contributed by atoms with Gasteiger partial charge in [0, 0.05) is 67.8 Å². The van der Waals surface area contributed by atoms with Gasteiger partial charge in [0.25, 0.3) is 0 Å². The number of amides is 1. The van der Waals surface area contributed by atoms with E-state index in [9.17, 15) is 4.79 Å². The average Bonchev–Trinajstić information content (AvgIpc) is 3.12. The molecule has 0 unspecified atom stereocenters. The Hall–Kier alpha value is -3.02. The second kappa shape index (κ2) is 9.21. The van der Waals surface area contributed by atoms with Crippen molar-refractivity contribution in [3.05, 3.63) is 35.4 Å². The van der Waals surface area contributed by atoms with Crippen LogP contribution in [0.1, 0.15) is 12.6 Å². The fourth-order valence-electron chi connectivity index (χ4n) is 4.32. The van der Waals surface area contributed by atoms with Crippen LogP contribution < -0.4 is 15.5 Å². The predicted molar refractivity (Wildman–Crippen MR) is 135 cm³/mol. The van der Waals surface area contributed by atoms with Crippen molar-refractivity contribution in [2.75, 3.05) is 37.6 Å². The van der Waals surface area contributed by atoms with Crippen LogP contribution in [0.3, 0.4) is 0 Å². The van der Waals surface area contributed by atoms with E-state index in [1.54, 1.807) is 18.6 Å². The molecule has 35 heavy (non-hydrogen) atoms. The Morgan fingerprint density at radius 3 is 2.83 bits per heavy atom. The van der Waals surface area contributed by atoms with E-state index in [0.717, 1.165) is 65.6 Å². The number of pyridine rings is 1. The lowest BCUT2D eigenvalue weighted by Crippen LogP contribution is -2.55. The van der Waals surface area contributed by atoms with Gasteiger partial charge in [-0.1, -0.05) is 18.5 Å². The van der Waals surface area contributed by atoms with Crippen molar-refractivity contribution in [2.24, 2.45) is 11.8 Å². The van der Waals surface area contributed by atoms with Crippen LogP contribution in [0.25, 0.3) is 22.2 Å². The van der Waals surface area contributed by atoms with Crippen LogP contribution in [0, 0.1) is 11.8 Å². The van der Waals surface area contributed by atoms with Gasteiger partial charge in [-0.15, -0.1) is 0 Å². The zero-order valence-electron chi connectivity index (χ0n) is 19.1. The summed E-state index contributed by atoms with van der Waals surface area (Å²) in [6.07, 6.45) is 5.81. The molecule has 4 aromatic heterocycles. The van der Waals surface area contributed by atoms with Gasteiger partial charge in [0.1, 0.15) is 17.0 Å². The molecule has 0 aromatic carbocycles. The van der Waals surface area contributed by atoms with Crippen molar-refractivity contribution >= 4 is 57.3 Å². The van der Waals surface area contributed by atoms with Crippen molar-refractivity contribution < 1.29 is 4.79 Å². The number of halogens is 1. The maximum Gasteiger partial charge on any atom is 0.225 e. The molecule has 2 aliphatic rings. The zero-order chi connectivity index (χ0) is 23.9. The van der Waals surface area contributed by atoms with Gasteiger partial charge in [0.15, 0.2) is 10.8 Å². The Balaban J connectivity index is 1.24. The topological polar surface area (TPSA) is 125 Å². The van der Waals surface area contributed by atoms with Crippen LogP contribution in [-0.2, 0) is 11.2 Å². The first kappa shape index (κ1) is 22.4. The highest BCUT2D eigenvalue weighted by molar-refractivity contribution is 7.99. The molecular formula is C23H24ClN9OS. The quantitative estimate of drug-likeness (QED) is 0.322. The Kier molecular flexibility index (Phi) is 5.91. The summed E-state index contributed by atoms with van der Waals surface area (Å²) in [5.41, 5.74) is 2.99. The van der Waals surface area contributed by atoms with E-state index in [4.69, 9.17) is 21.6 Å². The van der Waals surface area contributed by atoms with Crippen molar-refractivity contribution in [1.82, 2.24) is 40.5 Å². The Bertz CT molecular complexity index is 1420. The number of aromatic nitrogens is 6. The number of carbonyl (C=O) groups excluding carboxylic acids is 1. The van der Waals surface area contributed by atoms with Gasteiger partial charge in [-0.3, -0.25) is 9.78 Å². The molecule has 0 aliphatic carbocycles. The Morgan fingerprint density at radius 1 is 1.23 bits per heavy atom. The van der Waals surface area contributed by atoms with Crippen LogP contribution in [0.15, 0.2) is 34.7 Å². The number of rotatable bonds is 7. The minimum atomic E-state index is 0.106. The van der Waals surface area contributed by atoms with Crippen molar-refractivity contribution in [1.29, 1.82) is 0 Å². The lowest BCUT2D eigenvalue weighted by atomic mass is 9.98. The number of aryl methyl sites for hydroxylation is 1. The number of fused-ring (bicyclic) bond motifs is 2. The summed E-state index contributed by atoms with van der Waals surface area (Å²) in [7, 11) is 0. The molecule has 0 saturated carbocycles. The van der Waals surface area contributed by atoms with Gasteiger partial charge in [0.2, 0.25) is 5.91 Å². The number of nitrogens with one attached hydrogen (secondary N) is 3. The first-order valence-corrected chi connectivity index (χ1v) is 12.8. The van der Waals surface area contributed by atoms with Crippen molar-refractivity contribution in [2.45, 2.75) is 23.4 Å². The molecule has 180 valence electrons. The number of aromatic amines is 1. The lowest BCUT2D eigenvalue weighted by molar-refractivity contribution is -0.126. The van der Waals surface area contributed by atoms with Gasteiger partial charge < -0.3 is 20.5 Å². The molecular weight excluding hydrogens is 486 g/mol. The van der Waals surface area contributed by atoms with Crippen LogP contribution in [-0.4, -0.2) is 68.5 Å². The highest BCUT2D eigenvalue weighted by Gasteiger charge is 2.32. The summed E-state index contributed by atoms with van der Waals surface area (Å²) in [4.78, 5) is 41.2. The third-order valence-corrected chi connectivity index (χ3v) is 7.70. The van der Waals surface area contributed by atoms with Crippen molar-refractivity contribution in [3.63, 3.8) is 0 Å². The van der Waals surface area contributed by atoms with E-state index >= 15 is 0 Å². The molecule has 6 rings (SSSR count). The largest absolute Gasteiger partial charge is 0.355 e. The third kappa shape index (κ3) is 4.28. The molecule has 0 bridgehead atoms. The summed E-state index contributed by atoms with van der Waals surface area (Å²) in [6, 6.07) is 1.94. The average molecular weight is 510 g/mol. The number of hydrogen-bond donors (Lipinski definition) is 3. The normalized spacial score (nSPS) is 16.5. The van der Waals surface area contributed by atoms with Gasteiger partial charge in [0.05, 0.1) is 16.3 Å². The molecule has 0 spiro atoms. The first-order valence-electron chi connectivity index (χ1n) is 11.6. The van der Waals surface area contributed by atoms with Crippen LogP contribution in [0.2, 0.25) is 5.02 Å². The fraction of sp³-hybridized carbons (Fsp3) is 0.391. The molecule has 2 saturated heterocycles. The molecule has 2 fully saturated rings. The van der Waals surface area contributed by atoms with Gasteiger partial charge in [-0.2, -0.15) is 0 Å². The van der Waals surface area contributed by atoms with E-state index in [1.807, 2.05) is 6.07 Å². The number of hydrogen-bond acceptors (Lipinski definition) is 9. The second-order valence-corrected chi connectivity index (χ2v) is 10.3. The smallest absolute Gasteiger partial charge is 0.225 e. The first-order chi connectivity index (χ1) is 17.1. The molecule has 0 atom stereocenters. The maximum absolute atomic E-state index is 12.2. The Morgan fingerprint density at radius 2 is 2.06 bits per heavy atom. The SMILES string of the molecule is CCc1[nH]c2nc(Sc3cnc4nccnc4c3)nc(N3CC(CNC(=O)C4CNC4)C3)c2c1Cl. The minimum Gasteiger partial charge on any atom is -0.355 e. The number of anilines is 1. The van der Waals surface area contributed by atoms with Gasteiger partial charge >= 0.3 is 0 Å². The van der Waals surface area contributed by atoms with E-state index in [2.05, 4.69) is 42.4 Å². The number of carbonyl (C=O) groups is 1. The summed E-state index contributed by atoms with van der Waals surface area (Å²) < 4.78 is 0. The van der Waals surface area contributed by atoms with E-state index < -0.39 is 0 Å². The standard InChI is InChI=1S/C23H24ClN9OS/c1-2-15-18(24)17-20(30-15)31-23(35-14-5-16-19(28-9-14)27-4-3-26-16)32-21(17)33-10-12(11-33)6-29-22(34)13-7-25-8-13/h3-5,9,12-13,25H,2,6-8,10-11H2,1H3,(H,29,34)(H,30,31,32). The summed E-state index contributed by atoms with van der Waals surface area (Å²) in [5, 5.41) is 8.34. The molecule has 12 heteroatoms. The number of nitrogens with zero attached hydrogens (tertiary/aromatic N) is 6. The monoisotopic (exact) mass is 509 g/mol. The van der Waals surface area contributed by atoms with E-state index in [-0.39, 0.29) is 11.8 Å². The highest BCUT2D eigenvalue weighted by Crippen LogP contribution is 2.38. The molecule has 4 aromatic rings. The highest BCUT2D eigenvalue weighted by atomic mass is 35.5. The lowest BCUT2D eigenvalue weighted by Gasteiger charge is -2.41. The summed E-state index contributed by atoms with van der Waals surface area (Å²) >= 11 is 8.16. The molecule has 2 aliphatic heterocycles. The fourth-order valence-corrected chi connectivity index (χ4v) is 5.43. The molecule has 10 nitrogen and oxygen atoms in total. The van der Waals surface area contributed by atoms with Crippen LogP contribution >= 0.6 is 23.4 Å². The van der Waals surface area contributed by atoms with Gasteiger partial charge in [-0.05, 0) is 24.2 Å². The summed E-state index contributed by atoms with van der Waals surface area (Å²) in [6.45, 7) is 5.87.